The van der Waals surface area contributed by atoms with Crippen LogP contribution in [0.25, 0.3) is 22.0 Å². The van der Waals surface area contributed by atoms with Crippen LogP contribution in [0, 0.1) is 0 Å². The number of carbonyl (C=O) groups is 2. The van der Waals surface area contributed by atoms with Crippen molar-refractivity contribution in [2.75, 3.05) is 52.2 Å². The van der Waals surface area contributed by atoms with Crippen molar-refractivity contribution in [3.8, 4) is 22.6 Å². The van der Waals surface area contributed by atoms with Gasteiger partial charge >= 0.3 is 6.09 Å². The molecule has 2 amide bonds. The molecular weight excluding hydrogens is 846 g/mol. The molecule has 1 aromatic heterocycles. The van der Waals surface area contributed by atoms with E-state index >= 15 is 0 Å². The molecule has 1 aliphatic heterocycles. The number of aryl methyl sites for hydroxylation is 1. The first-order valence-electron chi connectivity index (χ1n) is 22.2. The maximum atomic E-state index is 13.1. The summed E-state index contributed by atoms with van der Waals surface area (Å²) in [5.74, 6) is 0.813. The van der Waals surface area contributed by atoms with E-state index in [4.69, 9.17) is 25.5 Å². The van der Waals surface area contributed by atoms with Crippen molar-refractivity contribution < 1.29 is 28.6 Å². The van der Waals surface area contributed by atoms with E-state index in [-0.39, 0.29) is 34.5 Å². The second-order valence-corrected chi connectivity index (χ2v) is 23.4. The lowest BCUT2D eigenvalue weighted by Crippen LogP contribution is -2.43. The van der Waals surface area contributed by atoms with Crippen LogP contribution >= 0.6 is 11.6 Å². The highest BCUT2D eigenvalue weighted by molar-refractivity contribution is 6.74. The minimum absolute atomic E-state index is 0.00879. The topological polar surface area (TPSA) is 145 Å². The van der Waals surface area contributed by atoms with E-state index in [0.717, 1.165) is 52.7 Å². The number of benzene rings is 4. The number of ether oxygens (including phenoxy) is 2. The Morgan fingerprint density at radius 2 is 1.70 bits per heavy atom. The molecule has 0 saturated carbocycles. The summed E-state index contributed by atoms with van der Waals surface area (Å²) < 4.78 is 18.6. The van der Waals surface area contributed by atoms with Gasteiger partial charge in [-0.25, -0.2) is 4.79 Å². The molecule has 2 heterocycles. The number of aromatic amines is 1. The summed E-state index contributed by atoms with van der Waals surface area (Å²) in [7, 11) is 1.24. The first kappa shape index (κ1) is 48.3. The number of fused-ring (bicyclic) bond motifs is 1. The number of rotatable bonds is 18. The van der Waals surface area contributed by atoms with Gasteiger partial charge in [-0.05, 0) is 90.8 Å². The summed E-state index contributed by atoms with van der Waals surface area (Å²) in [6.07, 6.45) is 2.26. The fraction of sp³-hybridized carbons (Fsp3) is 0.420. The predicted molar refractivity (Wildman–Crippen MR) is 259 cm³/mol. The van der Waals surface area contributed by atoms with Gasteiger partial charge in [-0.2, -0.15) is 0 Å². The molecule has 0 spiro atoms. The summed E-state index contributed by atoms with van der Waals surface area (Å²) in [6, 6.07) is 28.2. The summed E-state index contributed by atoms with van der Waals surface area (Å²) in [6.45, 7) is 14.7. The second-order valence-electron chi connectivity index (χ2n) is 18.2. The number of nitrogens with one attached hydrogen (secondary N) is 3. The first-order chi connectivity index (χ1) is 30.5. The predicted octanol–water partition coefficient (Wildman–Crippen LogP) is 9.91. The SMILES string of the molecule is COc1cc(CCCN(C)C(=O)CCN2CCC(OC(=O)Nc3ccccc3-c3ccccc3)CC2)c(Cl)cc1CNC[C@H](O[Si](C)(C)C(C)(C)C)c1ccc(O)c2[nH]c(=O)ccc12. The summed E-state index contributed by atoms with van der Waals surface area (Å²) >= 11 is 6.87. The lowest BCUT2D eigenvalue weighted by Gasteiger charge is -2.39. The molecule has 0 radical (unpaired) electrons. The molecule has 0 bridgehead atoms. The van der Waals surface area contributed by atoms with Gasteiger partial charge in [0, 0.05) is 80.3 Å². The number of nitrogens with zero attached hydrogens (tertiary/aromatic N) is 2. The Labute approximate surface area is 383 Å². The minimum Gasteiger partial charge on any atom is -0.506 e. The molecule has 4 aromatic carbocycles. The molecule has 0 aliphatic carbocycles. The number of phenols is 1. The van der Waals surface area contributed by atoms with Crippen molar-refractivity contribution >= 4 is 48.5 Å². The number of hydrogen-bond donors (Lipinski definition) is 4. The zero-order valence-corrected chi connectivity index (χ0v) is 40.0. The summed E-state index contributed by atoms with van der Waals surface area (Å²) in [5.41, 5.74) is 5.49. The standard InChI is InChI=1S/C50H64ClN5O7Si/c1-50(2,3)64(6,7)63-45(39-19-21-43(57)48-40(39)20-22-46(58)54-48)33-52-32-36-30-41(51)35(31-44(36)61-5)16-13-26-55(4)47(59)25-29-56-27-23-37(24-28-56)62-49(60)53-42-18-12-11-17-38(42)34-14-9-8-10-15-34/h8-12,14-15,17-22,30-31,37,45,52,57H,13,16,23-29,32-33H2,1-7H3,(H,53,60)(H,54,58)/t45-/m0/s1. The van der Waals surface area contributed by atoms with Crippen LogP contribution in [-0.4, -0.2) is 93.2 Å². The van der Waals surface area contributed by atoms with Crippen molar-refractivity contribution in [2.24, 2.45) is 0 Å². The van der Waals surface area contributed by atoms with Gasteiger partial charge in [0.1, 0.15) is 17.6 Å². The van der Waals surface area contributed by atoms with Crippen LogP contribution in [0.5, 0.6) is 11.5 Å². The van der Waals surface area contributed by atoms with Gasteiger partial charge in [0.25, 0.3) is 0 Å². The number of carbonyl (C=O) groups excluding carboxylic acids is 2. The Kier molecular flexibility index (Phi) is 16.3. The molecule has 12 nitrogen and oxygen atoms in total. The molecule has 4 N–H and O–H groups in total. The summed E-state index contributed by atoms with van der Waals surface area (Å²) in [4.78, 5) is 45.0. The minimum atomic E-state index is -2.25. The van der Waals surface area contributed by atoms with Gasteiger partial charge in [0.05, 0.1) is 24.4 Å². The van der Waals surface area contributed by atoms with Crippen LogP contribution in [0.3, 0.4) is 0 Å². The van der Waals surface area contributed by atoms with Crippen LogP contribution < -0.4 is 20.9 Å². The van der Waals surface area contributed by atoms with Gasteiger partial charge in [-0.15, -0.1) is 0 Å². The van der Waals surface area contributed by atoms with Gasteiger partial charge in [-0.1, -0.05) is 87.0 Å². The normalized spacial score (nSPS) is 14.3. The smallest absolute Gasteiger partial charge is 0.411 e. The van der Waals surface area contributed by atoms with Crippen molar-refractivity contribution in [2.45, 2.75) is 89.8 Å². The molecule has 1 fully saturated rings. The van der Waals surface area contributed by atoms with Crippen LogP contribution in [-0.2, 0) is 26.9 Å². The highest BCUT2D eigenvalue weighted by Crippen LogP contribution is 2.41. The third kappa shape index (κ3) is 12.5. The fourth-order valence-electron chi connectivity index (χ4n) is 7.86. The molecule has 64 heavy (non-hydrogen) atoms. The molecule has 0 unspecified atom stereocenters. The third-order valence-electron chi connectivity index (χ3n) is 12.7. The second kappa shape index (κ2) is 21.7. The third-order valence-corrected chi connectivity index (χ3v) is 17.5. The Bertz CT molecular complexity index is 2430. The highest BCUT2D eigenvalue weighted by atomic mass is 35.5. The molecule has 1 aliphatic rings. The number of para-hydroxylation sites is 1. The molecule has 342 valence electrons. The maximum Gasteiger partial charge on any atom is 0.411 e. The van der Waals surface area contributed by atoms with Crippen molar-refractivity contribution in [1.82, 2.24) is 20.1 Å². The number of likely N-dealkylation sites (tertiary alicyclic amines) is 1. The van der Waals surface area contributed by atoms with Crippen LogP contribution in [0.15, 0.2) is 95.8 Å². The molecule has 6 rings (SSSR count). The van der Waals surface area contributed by atoms with E-state index in [1.807, 2.05) is 79.8 Å². The van der Waals surface area contributed by atoms with E-state index in [1.165, 1.54) is 6.07 Å². The van der Waals surface area contributed by atoms with E-state index in [1.54, 1.807) is 24.1 Å². The zero-order valence-electron chi connectivity index (χ0n) is 38.3. The Hall–Kier alpha value is -5.18. The van der Waals surface area contributed by atoms with Crippen LogP contribution in [0.2, 0.25) is 23.2 Å². The number of amides is 2. The number of halogens is 1. The quantitative estimate of drug-likeness (QED) is 0.0632. The molecule has 1 atom stereocenters. The number of pyridine rings is 1. The number of aromatic hydroxyl groups is 1. The van der Waals surface area contributed by atoms with E-state index in [0.29, 0.717) is 73.8 Å². The number of methoxy groups -OCH3 is 1. The lowest BCUT2D eigenvalue weighted by atomic mass is 10.0. The maximum absolute atomic E-state index is 13.1. The highest BCUT2D eigenvalue weighted by Gasteiger charge is 2.40. The van der Waals surface area contributed by atoms with Crippen LogP contribution in [0.1, 0.15) is 69.2 Å². The van der Waals surface area contributed by atoms with Crippen LogP contribution in [0.4, 0.5) is 10.5 Å². The number of aromatic nitrogens is 1. The number of phenolic OH excluding ortho intramolecular Hbond substituents is 1. The Balaban J connectivity index is 0.953. The number of anilines is 1. The van der Waals surface area contributed by atoms with Crippen molar-refractivity contribution in [3.63, 3.8) is 0 Å². The van der Waals surface area contributed by atoms with Crippen molar-refractivity contribution in [3.05, 3.63) is 123 Å². The van der Waals surface area contributed by atoms with E-state index in [9.17, 15) is 19.5 Å². The molecular formula is C50H64ClN5O7Si. The van der Waals surface area contributed by atoms with Gasteiger partial charge < -0.3 is 39.1 Å². The largest absolute Gasteiger partial charge is 0.506 e. The van der Waals surface area contributed by atoms with Gasteiger partial charge in [0.15, 0.2) is 8.32 Å². The average molecular weight is 911 g/mol. The number of hydrogen-bond acceptors (Lipinski definition) is 9. The number of piperidine rings is 1. The first-order valence-corrected chi connectivity index (χ1v) is 25.5. The number of H-pyrrole nitrogens is 1. The van der Waals surface area contributed by atoms with E-state index in [2.05, 4.69) is 54.4 Å². The molecule has 14 heteroatoms. The summed E-state index contributed by atoms with van der Waals surface area (Å²) in [5, 5.41) is 18.4. The molecule has 1 saturated heterocycles. The Morgan fingerprint density at radius 1 is 0.984 bits per heavy atom. The van der Waals surface area contributed by atoms with E-state index < -0.39 is 14.4 Å². The molecule has 5 aromatic rings. The van der Waals surface area contributed by atoms with Crippen molar-refractivity contribution in [1.29, 1.82) is 0 Å². The average Bonchev–Trinajstić information content (AvgIpc) is 3.26. The zero-order chi connectivity index (χ0) is 46.0. The Morgan fingerprint density at radius 3 is 2.42 bits per heavy atom. The monoisotopic (exact) mass is 909 g/mol. The van der Waals surface area contributed by atoms with Gasteiger partial charge in [0.2, 0.25) is 11.5 Å². The fourth-order valence-corrected chi connectivity index (χ4v) is 9.42. The van der Waals surface area contributed by atoms with Gasteiger partial charge in [-0.3, -0.25) is 14.9 Å². The lowest BCUT2D eigenvalue weighted by molar-refractivity contribution is -0.130.